The highest BCUT2D eigenvalue weighted by Crippen LogP contribution is 2.50. The summed E-state index contributed by atoms with van der Waals surface area (Å²) < 4.78 is 0. The van der Waals surface area contributed by atoms with E-state index >= 15 is 0 Å². The maximum absolute atomic E-state index is 12.9. The third-order valence-corrected chi connectivity index (χ3v) is 5.62. The van der Waals surface area contributed by atoms with Crippen LogP contribution < -0.4 is 5.46 Å². The van der Waals surface area contributed by atoms with Crippen molar-refractivity contribution >= 4 is 24.7 Å². The van der Waals surface area contributed by atoms with E-state index in [1.54, 1.807) is 30.3 Å². The molecule has 0 aromatic heterocycles. The summed E-state index contributed by atoms with van der Waals surface area (Å²) in [6, 6.07) is 20.3. The van der Waals surface area contributed by atoms with Gasteiger partial charge in [0.05, 0.1) is 0 Å². The average Bonchev–Trinajstić information content (AvgIpc) is 3.54. The van der Waals surface area contributed by atoms with Crippen LogP contribution in [0.3, 0.4) is 0 Å². The smallest absolute Gasteiger partial charge is 0.423 e. The van der Waals surface area contributed by atoms with Gasteiger partial charge in [-0.05, 0) is 53.0 Å². The van der Waals surface area contributed by atoms with Gasteiger partial charge in [-0.25, -0.2) is 0 Å². The zero-order valence-corrected chi connectivity index (χ0v) is 16.1. The molecule has 1 unspecified atom stereocenters. The molecule has 2 atom stereocenters. The summed E-state index contributed by atoms with van der Waals surface area (Å²) in [6.45, 7) is 2.04. The fourth-order valence-electron chi connectivity index (χ4n) is 3.88. The molecule has 2 N–H and O–H groups in total. The van der Waals surface area contributed by atoms with Crippen LogP contribution in [0.15, 0.2) is 66.7 Å². The summed E-state index contributed by atoms with van der Waals surface area (Å²) in [5.41, 5.74) is 5.74. The standard InChI is InChI=1S/C24H21BO4/c1-15-8-9-18(12-21(15)17-5-2-4-16(10-17)14-26)22-13-23(22)24(27)19-6-3-7-20(11-19)25(28)29/h2-12,14,22-23,28-29H,13H2,1H3/t22-,23?/m1/s1. The minimum Gasteiger partial charge on any atom is -0.423 e. The molecule has 0 amide bonds. The number of hydrogen-bond acceptors (Lipinski definition) is 4. The van der Waals surface area contributed by atoms with E-state index in [1.807, 2.05) is 25.1 Å². The van der Waals surface area contributed by atoms with Crippen molar-refractivity contribution in [2.75, 3.05) is 0 Å². The van der Waals surface area contributed by atoms with Crippen molar-refractivity contribution in [2.24, 2.45) is 5.92 Å². The largest absolute Gasteiger partial charge is 0.488 e. The number of rotatable bonds is 6. The van der Waals surface area contributed by atoms with Gasteiger partial charge >= 0.3 is 7.12 Å². The molecule has 0 radical (unpaired) electrons. The molecule has 1 saturated carbocycles. The Hall–Kier alpha value is -3.02. The van der Waals surface area contributed by atoms with Crippen LogP contribution in [0.25, 0.3) is 11.1 Å². The summed E-state index contributed by atoms with van der Waals surface area (Å²) in [4.78, 5) is 24.0. The van der Waals surface area contributed by atoms with Crippen LogP contribution in [0.1, 0.15) is 44.2 Å². The van der Waals surface area contributed by atoms with Gasteiger partial charge in [0.25, 0.3) is 0 Å². The fraction of sp³-hybridized carbons (Fsp3) is 0.167. The lowest BCUT2D eigenvalue weighted by Gasteiger charge is -2.10. The van der Waals surface area contributed by atoms with Gasteiger partial charge < -0.3 is 10.0 Å². The second-order valence-electron chi connectivity index (χ2n) is 7.63. The highest BCUT2D eigenvalue weighted by molar-refractivity contribution is 6.58. The third kappa shape index (κ3) is 3.93. The second-order valence-corrected chi connectivity index (χ2v) is 7.63. The molecule has 4 rings (SSSR count). The van der Waals surface area contributed by atoms with Crippen LogP contribution in [-0.2, 0) is 0 Å². The quantitative estimate of drug-likeness (QED) is 0.389. The van der Waals surface area contributed by atoms with Gasteiger partial charge in [-0.2, -0.15) is 0 Å². The fourth-order valence-corrected chi connectivity index (χ4v) is 3.88. The van der Waals surface area contributed by atoms with E-state index in [0.717, 1.165) is 35.0 Å². The maximum Gasteiger partial charge on any atom is 0.488 e. The zero-order chi connectivity index (χ0) is 20.5. The molecule has 1 aliphatic rings. The predicted molar refractivity (Wildman–Crippen MR) is 113 cm³/mol. The van der Waals surface area contributed by atoms with Crippen LogP contribution in [0, 0.1) is 12.8 Å². The molecule has 4 nitrogen and oxygen atoms in total. The number of ketones is 1. The van der Waals surface area contributed by atoms with E-state index in [1.165, 1.54) is 0 Å². The van der Waals surface area contributed by atoms with E-state index in [0.29, 0.717) is 16.6 Å². The summed E-state index contributed by atoms with van der Waals surface area (Å²) >= 11 is 0. The summed E-state index contributed by atoms with van der Waals surface area (Å²) in [6.07, 6.45) is 1.62. The van der Waals surface area contributed by atoms with Crippen LogP contribution >= 0.6 is 0 Å². The number of aldehydes is 1. The third-order valence-electron chi connectivity index (χ3n) is 5.62. The van der Waals surface area contributed by atoms with E-state index in [-0.39, 0.29) is 17.6 Å². The van der Waals surface area contributed by atoms with Gasteiger partial charge in [0, 0.05) is 17.0 Å². The molecule has 0 saturated heterocycles. The van der Waals surface area contributed by atoms with E-state index in [9.17, 15) is 19.6 Å². The molecule has 0 spiro atoms. The van der Waals surface area contributed by atoms with Crippen molar-refractivity contribution in [1.82, 2.24) is 0 Å². The zero-order valence-electron chi connectivity index (χ0n) is 16.1. The SMILES string of the molecule is Cc1ccc([C@H]2CC2C(=O)c2cccc(B(O)O)c2)cc1-c1cccc(C=O)c1. The molecule has 5 heteroatoms. The molecule has 3 aromatic rings. The summed E-state index contributed by atoms with van der Waals surface area (Å²) in [7, 11) is -1.58. The van der Waals surface area contributed by atoms with Gasteiger partial charge in [-0.1, -0.05) is 60.7 Å². The number of aryl methyl sites for hydroxylation is 1. The van der Waals surface area contributed by atoms with Crippen molar-refractivity contribution in [1.29, 1.82) is 0 Å². The Morgan fingerprint density at radius 2 is 1.83 bits per heavy atom. The summed E-state index contributed by atoms with van der Waals surface area (Å²) in [5, 5.41) is 18.7. The average molecular weight is 384 g/mol. The van der Waals surface area contributed by atoms with Gasteiger partial charge in [0.2, 0.25) is 0 Å². The Bertz CT molecular complexity index is 1090. The van der Waals surface area contributed by atoms with Crippen molar-refractivity contribution in [2.45, 2.75) is 19.3 Å². The van der Waals surface area contributed by atoms with Gasteiger partial charge in [0.15, 0.2) is 5.78 Å². The molecule has 0 aliphatic heterocycles. The molecular formula is C24H21BO4. The first-order valence-electron chi connectivity index (χ1n) is 9.64. The van der Waals surface area contributed by atoms with Crippen molar-refractivity contribution in [3.63, 3.8) is 0 Å². The first-order valence-corrected chi connectivity index (χ1v) is 9.64. The maximum atomic E-state index is 12.9. The van der Waals surface area contributed by atoms with Crippen LogP contribution in [0.2, 0.25) is 0 Å². The normalized spacial score (nSPS) is 17.6. The lowest BCUT2D eigenvalue weighted by Crippen LogP contribution is -2.30. The number of carbonyl (C=O) groups is 2. The highest BCUT2D eigenvalue weighted by atomic mass is 16.4. The first-order chi connectivity index (χ1) is 14.0. The lowest BCUT2D eigenvalue weighted by molar-refractivity contribution is 0.0965. The molecule has 0 bridgehead atoms. The van der Waals surface area contributed by atoms with Gasteiger partial charge in [-0.3, -0.25) is 9.59 Å². The molecule has 1 fully saturated rings. The molecule has 144 valence electrons. The van der Waals surface area contributed by atoms with Crippen molar-refractivity contribution in [3.05, 3.63) is 89.0 Å². The number of hydrogen-bond donors (Lipinski definition) is 2. The first kappa shape index (κ1) is 19.3. The van der Waals surface area contributed by atoms with Crippen LogP contribution in [0.5, 0.6) is 0 Å². The van der Waals surface area contributed by atoms with E-state index in [2.05, 4.69) is 18.2 Å². The topological polar surface area (TPSA) is 74.6 Å². The summed E-state index contributed by atoms with van der Waals surface area (Å²) in [5.74, 6) is 0.0827. The Morgan fingerprint density at radius 3 is 2.59 bits per heavy atom. The molecular weight excluding hydrogens is 363 g/mol. The molecule has 1 aliphatic carbocycles. The van der Waals surface area contributed by atoms with Crippen molar-refractivity contribution < 1.29 is 19.6 Å². The van der Waals surface area contributed by atoms with Crippen LogP contribution in [0.4, 0.5) is 0 Å². The van der Waals surface area contributed by atoms with E-state index < -0.39 is 7.12 Å². The molecule has 3 aromatic carbocycles. The lowest BCUT2D eigenvalue weighted by atomic mass is 9.79. The molecule has 0 heterocycles. The molecule has 29 heavy (non-hydrogen) atoms. The van der Waals surface area contributed by atoms with Crippen LogP contribution in [-0.4, -0.2) is 29.2 Å². The Morgan fingerprint density at radius 1 is 1.03 bits per heavy atom. The number of carbonyl (C=O) groups excluding carboxylic acids is 2. The van der Waals surface area contributed by atoms with Crippen molar-refractivity contribution in [3.8, 4) is 11.1 Å². The Labute approximate surface area is 170 Å². The van der Waals surface area contributed by atoms with E-state index in [4.69, 9.17) is 0 Å². The number of Topliss-reactive ketones (excluding diaryl/α,β-unsaturated/α-hetero) is 1. The highest BCUT2D eigenvalue weighted by Gasteiger charge is 2.44. The van der Waals surface area contributed by atoms with Gasteiger partial charge in [-0.15, -0.1) is 0 Å². The Balaban J connectivity index is 1.58. The number of benzene rings is 3. The second kappa shape index (κ2) is 7.78. The minimum absolute atomic E-state index is 0.0302. The van der Waals surface area contributed by atoms with Gasteiger partial charge in [0.1, 0.15) is 6.29 Å². The predicted octanol–water partition coefficient (Wildman–Crippen LogP) is 3.14. The monoisotopic (exact) mass is 384 g/mol. The Kier molecular flexibility index (Phi) is 5.18. The minimum atomic E-state index is -1.58.